The lowest BCUT2D eigenvalue weighted by Gasteiger charge is -2.20. The topological polar surface area (TPSA) is 55.3 Å². The third kappa shape index (κ3) is 3.58. The van der Waals surface area contributed by atoms with Crippen LogP contribution in [-0.4, -0.2) is 42.6 Å². The van der Waals surface area contributed by atoms with E-state index < -0.39 is 0 Å². The Morgan fingerprint density at radius 1 is 1.50 bits per heavy atom. The molecule has 0 saturated carbocycles. The van der Waals surface area contributed by atoms with Gasteiger partial charge in [-0.1, -0.05) is 0 Å². The average molecular weight is 223 g/mol. The number of carbonyl (C=O) groups excluding carboxylic acids is 1. The molecule has 0 amide bonds. The van der Waals surface area contributed by atoms with E-state index >= 15 is 0 Å². The number of hydrogen-bond acceptors (Lipinski definition) is 5. The molecule has 0 aliphatic heterocycles. The summed E-state index contributed by atoms with van der Waals surface area (Å²) >= 11 is 0. The molecular weight excluding hydrogens is 206 g/mol. The molecule has 88 valence electrons. The van der Waals surface area contributed by atoms with Gasteiger partial charge in [0.25, 0.3) is 0 Å². The SMILES string of the molecule is CCOCCN(CC)c1nccc(C=O)n1. The van der Waals surface area contributed by atoms with Crippen LogP contribution >= 0.6 is 0 Å². The van der Waals surface area contributed by atoms with Gasteiger partial charge in [-0.3, -0.25) is 4.79 Å². The molecule has 0 atom stereocenters. The standard InChI is InChI=1S/C11H17N3O2/c1-3-14(7-8-16-4-2)11-12-6-5-10(9-15)13-11/h5-6,9H,3-4,7-8H2,1-2H3. The maximum Gasteiger partial charge on any atom is 0.226 e. The van der Waals surface area contributed by atoms with Crippen molar-refractivity contribution in [2.75, 3.05) is 31.2 Å². The van der Waals surface area contributed by atoms with Gasteiger partial charge in [0.05, 0.1) is 6.61 Å². The number of hydrogen-bond donors (Lipinski definition) is 0. The predicted molar refractivity (Wildman–Crippen MR) is 61.8 cm³/mol. The van der Waals surface area contributed by atoms with Gasteiger partial charge in [-0.25, -0.2) is 9.97 Å². The van der Waals surface area contributed by atoms with Crippen molar-refractivity contribution < 1.29 is 9.53 Å². The summed E-state index contributed by atoms with van der Waals surface area (Å²) in [5.41, 5.74) is 0.403. The number of aldehydes is 1. The highest BCUT2D eigenvalue weighted by Gasteiger charge is 2.07. The molecule has 0 unspecified atom stereocenters. The first-order chi connectivity index (χ1) is 7.81. The first kappa shape index (κ1) is 12.6. The molecule has 0 spiro atoms. The fourth-order valence-electron chi connectivity index (χ4n) is 1.30. The molecule has 16 heavy (non-hydrogen) atoms. The molecule has 0 radical (unpaired) electrons. The van der Waals surface area contributed by atoms with Gasteiger partial charge in [0.2, 0.25) is 5.95 Å². The molecule has 5 nitrogen and oxygen atoms in total. The van der Waals surface area contributed by atoms with Gasteiger partial charge >= 0.3 is 0 Å². The molecule has 0 aliphatic carbocycles. The fraction of sp³-hybridized carbons (Fsp3) is 0.545. The van der Waals surface area contributed by atoms with Gasteiger partial charge in [-0.2, -0.15) is 0 Å². The van der Waals surface area contributed by atoms with E-state index in [1.165, 1.54) is 0 Å². The number of rotatable bonds is 7. The van der Waals surface area contributed by atoms with Crippen molar-refractivity contribution in [2.24, 2.45) is 0 Å². The number of aromatic nitrogens is 2. The van der Waals surface area contributed by atoms with E-state index in [-0.39, 0.29) is 0 Å². The van der Waals surface area contributed by atoms with Crippen molar-refractivity contribution in [3.8, 4) is 0 Å². The predicted octanol–water partition coefficient (Wildman–Crippen LogP) is 1.15. The Bertz CT molecular complexity index is 331. The molecule has 0 saturated heterocycles. The molecule has 1 rings (SSSR count). The Kier molecular flexibility index (Phi) is 5.42. The van der Waals surface area contributed by atoms with Crippen molar-refractivity contribution in [3.63, 3.8) is 0 Å². The zero-order valence-corrected chi connectivity index (χ0v) is 9.72. The summed E-state index contributed by atoms with van der Waals surface area (Å²) < 4.78 is 5.28. The highest BCUT2D eigenvalue weighted by Crippen LogP contribution is 2.05. The lowest BCUT2D eigenvalue weighted by Crippen LogP contribution is -2.29. The van der Waals surface area contributed by atoms with E-state index in [9.17, 15) is 4.79 Å². The molecule has 0 aromatic carbocycles. The van der Waals surface area contributed by atoms with Crippen LogP contribution in [0.2, 0.25) is 0 Å². The van der Waals surface area contributed by atoms with Gasteiger partial charge in [-0.15, -0.1) is 0 Å². The summed E-state index contributed by atoms with van der Waals surface area (Å²) in [6.45, 7) is 6.83. The summed E-state index contributed by atoms with van der Waals surface area (Å²) in [6.07, 6.45) is 2.32. The molecule has 0 aliphatic rings. The van der Waals surface area contributed by atoms with Crippen LogP contribution in [0.15, 0.2) is 12.3 Å². The number of anilines is 1. The lowest BCUT2D eigenvalue weighted by molar-refractivity contribution is 0.111. The quantitative estimate of drug-likeness (QED) is 0.512. The minimum atomic E-state index is 0.403. The van der Waals surface area contributed by atoms with E-state index in [2.05, 4.69) is 9.97 Å². The number of ether oxygens (including phenoxy) is 1. The molecule has 0 fully saturated rings. The fourth-order valence-corrected chi connectivity index (χ4v) is 1.30. The minimum absolute atomic E-state index is 0.403. The Hall–Kier alpha value is -1.49. The lowest BCUT2D eigenvalue weighted by atomic mass is 10.4. The third-order valence-corrected chi connectivity index (χ3v) is 2.16. The van der Waals surface area contributed by atoms with Gasteiger partial charge in [-0.05, 0) is 19.9 Å². The Morgan fingerprint density at radius 3 is 2.94 bits per heavy atom. The molecule has 1 aromatic heterocycles. The number of nitrogens with zero attached hydrogens (tertiary/aromatic N) is 3. The summed E-state index contributed by atoms with van der Waals surface area (Å²) in [4.78, 5) is 20.8. The van der Waals surface area contributed by atoms with Gasteiger partial charge in [0.15, 0.2) is 6.29 Å². The van der Waals surface area contributed by atoms with E-state index in [0.29, 0.717) is 24.9 Å². The molecule has 0 bridgehead atoms. The zero-order valence-electron chi connectivity index (χ0n) is 9.72. The van der Waals surface area contributed by atoms with Crippen LogP contribution in [0.4, 0.5) is 5.95 Å². The molecule has 1 heterocycles. The van der Waals surface area contributed by atoms with Crippen LogP contribution in [0, 0.1) is 0 Å². The second-order valence-corrected chi connectivity index (χ2v) is 3.18. The van der Waals surface area contributed by atoms with Crippen molar-refractivity contribution in [2.45, 2.75) is 13.8 Å². The summed E-state index contributed by atoms with van der Waals surface area (Å²) in [5, 5.41) is 0. The molecule has 0 N–H and O–H groups in total. The van der Waals surface area contributed by atoms with E-state index in [0.717, 1.165) is 19.4 Å². The van der Waals surface area contributed by atoms with Crippen LogP contribution in [0.5, 0.6) is 0 Å². The maximum atomic E-state index is 10.6. The third-order valence-electron chi connectivity index (χ3n) is 2.16. The van der Waals surface area contributed by atoms with E-state index in [4.69, 9.17) is 4.74 Å². The van der Waals surface area contributed by atoms with Gasteiger partial charge in [0.1, 0.15) is 5.69 Å². The molecular formula is C11H17N3O2. The first-order valence-electron chi connectivity index (χ1n) is 5.42. The largest absolute Gasteiger partial charge is 0.380 e. The highest BCUT2D eigenvalue weighted by molar-refractivity contribution is 5.71. The highest BCUT2D eigenvalue weighted by atomic mass is 16.5. The van der Waals surface area contributed by atoms with Crippen LogP contribution < -0.4 is 4.90 Å². The molecule has 5 heteroatoms. The first-order valence-corrected chi connectivity index (χ1v) is 5.42. The second kappa shape index (κ2) is 6.90. The summed E-state index contributed by atoms with van der Waals surface area (Å²) in [5.74, 6) is 0.576. The Labute approximate surface area is 95.5 Å². The van der Waals surface area contributed by atoms with Crippen molar-refractivity contribution in [1.29, 1.82) is 0 Å². The average Bonchev–Trinajstić information content (AvgIpc) is 2.35. The normalized spacial score (nSPS) is 10.1. The Balaban J connectivity index is 2.66. The smallest absolute Gasteiger partial charge is 0.226 e. The maximum absolute atomic E-state index is 10.6. The van der Waals surface area contributed by atoms with E-state index in [1.54, 1.807) is 12.3 Å². The van der Waals surface area contributed by atoms with E-state index in [1.807, 2.05) is 18.7 Å². The minimum Gasteiger partial charge on any atom is -0.380 e. The summed E-state index contributed by atoms with van der Waals surface area (Å²) in [7, 11) is 0. The van der Waals surface area contributed by atoms with Crippen molar-refractivity contribution >= 4 is 12.2 Å². The van der Waals surface area contributed by atoms with Crippen LogP contribution in [-0.2, 0) is 4.74 Å². The van der Waals surface area contributed by atoms with Crippen molar-refractivity contribution in [1.82, 2.24) is 9.97 Å². The number of carbonyl (C=O) groups is 1. The van der Waals surface area contributed by atoms with Crippen LogP contribution in [0.25, 0.3) is 0 Å². The van der Waals surface area contributed by atoms with Gasteiger partial charge in [0, 0.05) is 25.9 Å². The monoisotopic (exact) mass is 223 g/mol. The second-order valence-electron chi connectivity index (χ2n) is 3.18. The summed E-state index contributed by atoms with van der Waals surface area (Å²) in [6, 6.07) is 1.59. The van der Waals surface area contributed by atoms with Crippen LogP contribution in [0.3, 0.4) is 0 Å². The van der Waals surface area contributed by atoms with Crippen molar-refractivity contribution in [3.05, 3.63) is 18.0 Å². The molecule has 1 aromatic rings. The van der Waals surface area contributed by atoms with Gasteiger partial charge < -0.3 is 9.64 Å². The van der Waals surface area contributed by atoms with Crippen LogP contribution in [0.1, 0.15) is 24.3 Å². The Morgan fingerprint density at radius 2 is 2.31 bits per heavy atom. The number of likely N-dealkylation sites (N-methyl/N-ethyl adjacent to an activating group) is 1. The zero-order chi connectivity index (χ0) is 11.8.